The highest BCUT2D eigenvalue weighted by Crippen LogP contribution is 2.66. The molecule has 0 amide bonds. The Labute approximate surface area is 778 Å². The van der Waals surface area contributed by atoms with Gasteiger partial charge in [0.25, 0.3) is 0 Å². The molecule has 0 aromatic heterocycles. The van der Waals surface area contributed by atoms with E-state index in [1.54, 1.807) is 0 Å². The Bertz CT molecular complexity index is 5290. The Morgan fingerprint density at radius 3 is 1.09 bits per heavy atom. The number of fused-ring (bicyclic) bond motifs is 8. The highest BCUT2D eigenvalue weighted by Gasteiger charge is 2.64. The number of hydrogen-bond acceptors (Lipinski definition) is 21. The summed E-state index contributed by atoms with van der Waals surface area (Å²) in [7, 11) is 0. The second kappa shape index (κ2) is 38.3. The number of ketones is 1. The number of oxime groups is 10. The van der Waals surface area contributed by atoms with Crippen LogP contribution in [-0.2, 0) is 98.1 Å². The first kappa shape index (κ1) is 93.0. The third-order valence-corrected chi connectivity index (χ3v) is 32.2. The van der Waals surface area contributed by atoms with Gasteiger partial charge in [0.05, 0.1) is 57.1 Å². The van der Waals surface area contributed by atoms with E-state index in [0.717, 1.165) is 172 Å². The van der Waals surface area contributed by atoms with Crippen LogP contribution in [0.15, 0.2) is 179 Å². The van der Waals surface area contributed by atoms with Gasteiger partial charge in [-0.1, -0.05) is 213 Å². The number of benzene rings is 5. The maximum atomic E-state index is 12.2. The first-order valence-electron chi connectivity index (χ1n) is 49.7. The zero-order valence-electron chi connectivity index (χ0n) is 80.7. The summed E-state index contributed by atoms with van der Waals surface area (Å²) < 4.78 is 0. The molecule has 12 aliphatic carbocycles. The number of carbonyl (C=O) groups is 1. The number of rotatable bonds is 0. The van der Waals surface area contributed by atoms with Gasteiger partial charge in [-0.3, -0.25) is 4.79 Å². The van der Waals surface area contributed by atoms with E-state index in [0.29, 0.717) is 18.3 Å². The SMILES string of the molecule is C=C1C[C@@]2(CC(C)=NO2)c2ccccc21.CC1=NOC2(C1)Cc1ccccc1C2.CC1=NOC2(C1)Cc1ccccc1C2=O.CC1=NOC2(CCC(C)CC2)C1.CC1=NOC2(CCCC2)C1.CC1=NOC2(CCCCC2)C1.CC1=NOC2(CCCCC2)C1.CC1=NO[C@]2(CC[C@H]3C[C@@H]2C3(C)C)C1.CC1=NO[C@]2(CCc3ccccc32)C1.CC1=NO[C@]2(CCc3ccccc3C2)C1. The summed E-state index contributed by atoms with van der Waals surface area (Å²) >= 11 is 0. The minimum absolute atomic E-state index is 0.0154. The van der Waals surface area contributed by atoms with E-state index in [2.05, 4.69) is 205 Å². The lowest BCUT2D eigenvalue weighted by Crippen LogP contribution is -2.61. The lowest BCUT2D eigenvalue weighted by molar-refractivity contribution is -0.214. The molecule has 27 rings (SSSR count). The average Bonchev–Trinajstić information content (AvgIpc) is 1.65. The number of Topliss-reactive ketones (excluding diaryl/α,β-unsaturated/α-hetero) is 1. The van der Waals surface area contributed by atoms with E-state index in [1.807, 2.05) is 65.0 Å². The predicted octanol–water partition coefficient (Wildman–Crippen LogP) is 25.5. The van der Waals surface area contributed by atoms with Crippen molar-refractivity contribution < 1.29 is 53.2 Å². The van der Waals surface area contributed by atoms with Gasteiger partial charge in [0.1, 0.15) is 33.6 Å². The molecule has 22 aliphatic rings. The second-order valence-electron chi connectivity index (χ2n) is 43.7. The first-order valence-corrected chi connectivity index (χ1v) is 49.7. The summed E-state index contributed by atoms with van der Waals surface area (Å²) in [5.74, 6) is 2.66. The van der Waals surface area contributed by atoms with Crippen molar-refractivity contribution in [2.24, 2.45) is 74.7 Å². The molecule has 5 aromatic rings. The van der Waals surface area contributed by atoms with Crippen LogP contribution in [0.1, 0.15) is 369 Å². The first-order chi connectivity index (χ1) is 62.9. The molecule has 7 fully saturated rings. The highest BCUT2D eigenvalue weighted by atomic mass is 16.7. The van der Waals surface area contributed by atoms with Crippen molar-refractivity contribution in [2.75, 3.05) is 0 Å². The monoisotopic (exact) mass is 1780 g/mol. The molecular weight excluding hydrogens is 1640 g/mol. The molecule has 21 nitrogen and oxygen atoms in total. The molecule has 1 unspecified atom stereocenters. The van der Waals surface area contributed by atoms with Gasteiger partial charge in [0.15, 0.2) is 16.8 Å². The second-order valence-corrected chi connectivity index (χ2v) is 43.7. The molecule has 0 radical (unpaired) electrons. The summed E-state index contributed by atoms with van der Waals surface area (Å²) in [4.78, 5) is 67.7. The van der Waals surface area contributed by atoms with Crippen LogP contribution in [0.2, 0.25) is 0 Å². The minimum Gasteiger partial charge on any atom is -0.389 e. The Kier molecular flexibility index (Phi) is 27.2. The van der Waals surface area contributed by atoms with Crippen molar-refractivity contribution in [2.45, 2.75) is 403 Å². The van der Waals surface area contributed by atoms with Crippen molar-refractivity contribution in [3.63, 3.8) is 0 Å². The van der Waals surface area contributed by atoms with E-state index < -0.39 is 5.60 Å². The summed E-state index contributed by atoms with van der Waals surface area (Å²) in [5.41, 5.74) is 25.3. The van der Waals surface area contributed by atoms with Crippen LogP contribution < -0.4 is 0 Å². The minimum atomic E-state index is -0.715. The van der Waals surface area contributed by atoms with Gasteiger partial charge >= 0.3 is 0 Å². The summed E-state index contributed by atoms with van der Waals surface area (Å²) in [6, 6.07) is 41.8. The molecule has 10 spiro atoms. The van der Waals surface area contributed by atoms with Crippen LogP contribution in [-0.4, -0.2) is 108 Å². The van der Waals surface area contributed by atoms with Crippen molar-refractivity contribution in [1.29, 1.82) is 0 Å². The molecule has 10 aliphatic heterocycles. The number of carbonyl (C=O) groups excluding carboxylic acids is 1. The third kappa shape index (κ3) is 20.4. The average molecular weight is 1780 g/mol. The topological polar surface area (TPSA) is 233 Å². The van der Waals surface area contributed by atoms with Gasteiger partial charge in [-0.25, -0.2) is 0 Å². The Morgan fingerprint density at radius 2 is 0.649 bits per heavy atom. The molecule has 7 saturated carbocycles. The summed E-state index contributed by atoms with van der Waals surface area (Å²) in [6.45, 7) is 31.6. The van der Waals surface area contributed by atoms with Gasteiger partial charge in [-0.2, -0.15) is 0 Å². The van der Waals surface area contributed by atoms with Crippen LogP contribution in [0.5, 0.6) is 0 Å². The molecule has 5 aromatic carbocycles. The molecular formula is C110H144N10O11. The highest BCUT2D eigenvalue weighted by molar-refractivity contribution is 6.10. The summed E-state index contributed by atoms with van der Waals surface area (Å²) in [6.07, 6.45) is 45.8. The van der Waals surface area contributed by atoms with Crippen molar-refractivity contribution in [1.82, 2.24) is 0 Å². The van der Waals surface area contributed by atoms with Gasteiger partial charge in [0.2, 0.25) is 11.4 Å². The van der Waals surface area contributed by atoms with E-state index in [1.165, 1.54) is 208 Å². The quantitative estimate of drug-likeness (QED) is 0.141. The largest absolute Gasteiger partial charge is 0.389 e. The van der Waals surface area contributed by atoms with E-state index in [9.17, 15) is 4.79 Å². The van der Waals surface area contributed by atoms with E-state index in [-0.39, 0.29) is 56.2 Å². The molecule has 700 valence electrons. The predicted molar refractivity (Wildman–Crippen MR) is 522 cm³/mol. The smallest absolute Gasteiger partial charge is 0.210 e. The molecule has 21 heteroatoms. The van der Waals surface area contributed by atoms with Gasteiger partial charge in [0, 0.05) is 119 Å². The fourth-order valence-electron chi connectivity index (χ4n) is 25.4. The molecule has 0 saturated heterocycles. The summed E-state index contributed by atoms with van der Waals surface area (Å²) in [5, 5.41) is 40.5. The molecule has 2 bridgehead atoms. The van der Waals surface area contributed by atoms with Crippen molar-refractivity contribution >= 4 is 68.5 Å². The van der Waals surface area contributed by atoms with Gasteiger partial charge in [-0.15, -0.1) is 0 Å². The van der Waals surface area contributed by atoms with Crippen LogP contribution in [0.3, 0.4) is 0 Å². The van der Waals surface area contributed by atoms with E-state index >= 15 is 0 Å². The number of hydrogen-bond donors (Lipinski definition) is 0. The Balaban J connectivity index is 0.000000102. The van der Waals surface area contributed by atoms with Crippen LogP contribution in [0.25, 0.3) is 5.57 Å². The van der Waals surface area contributed by atoms with Crippen molar-refractivity contribution in [3.8, 4) is 0 Å². The maximum absolute atomic E-state index is 12.2. The fourth-order valence-corrected chi connectivity index (χ4v) is 25.4. The molecule has 10 heterocycles. The third-order valence-electron chi connectivity index (χ3n) is 32.2. The maximum Gasteiger partial charge on any atom is 0.210 e. The fraction of sp³-hybridized carbons (Fsp3) is 0.609. The van der Waals surface area contributed by atoms with Crippen LogP contribution >= 0.6 is 0 Å². The van der Waals surface area contributed by atoms with Crippen molar-refractivity contribution in [3.05, 3.63) is 184 Å². The number of nitrogens with zero attached hydrogens (tertiary/aromatic N) is 10. The normalized spacial score (nSPS) is 29.8. The Hall–Kier alpha value is -9.79. The standard InChI is InChI=1S/C13H13NO.C13H15NO.C12H11NO2.C12H19NO.2C12H13NO.C10H17NO.2C9H15NO.C8H13NO/c1-9-7-13(8-10(2)14-15-13)12-6-4-3-5-11(9)12;1-10-8-13(15-14-10)7-6-11-4-2-3-5-12(11)9-13;1-8-6-12(15-13-8)7-9-4-2-3-5-10(9)11(12)14;1-8-7-12(14-13-8)5-4-9-6-10(12)11(9,2)3;1-9-6-12(14-13-9)7-10-4-2-3-5-11(10)8-12;1-9-8-12(14-13-9)7-6-10-4-2-3-5-11(10)12;1-8-3-5-10(6-4-8)7-9(2)11-12-10;2*1-8-7-9(11-10-8)5-3-2-4-6-9;1-7-6-8(10-9-7)4-2-3-5-8/h3-6H,1,7-8H2,2H3;2-5H,6-9H2,1H3;2-5H,6-7H2,1H3;9-10H,4-7H2,1-3H3;2*2-5H,6-8H2,1H3;8H,3-7H2,1-2H3;2*2-7H2,1H3;2-6H2,1H3/t2*13-;;9-,10+,12+;;12-;;;;/m11.0.1..../s1. The van der Waals surface area contributed by atoms with E-state index in [4.69, 9.17) is 48.4 Å². The molecule has 0 N–H and O–H groups in total. The van der Waals surface area contributed by atoms with Gasteiger partial charge in [-0.05, 0) is 279 Å². The number of aryl methyl sites for hydroxylation is 2. The van der Waals surface area contributed by atoms with Crippen LogP contribution in [0.4, 0.5) is 0 Å². The Morgan fingerprint density at radius 1 is 0.290 bits per heavy atom. The van der Waals surface area contributed by atoms with Gasteiger partial charge < -0.3 is 48.4 Å². The lowest BCUT2D eigenvalue weighted by atomic mass is 9.43. The lowest BCUT2D eigenvalue weighted by Gasteiger charge is -2.62. The van der Waals surface area contributed by atoms with Crippen LogP contribution in [0, 0.1) is 23.2 Å². The molecule has 7 atom stereocenters. The molecule has 131 heavy (non-hydrogen) atoms. The zero-order valence-corrected chi connectivity index (χ0v) is 80.7. The zero-order chi connectivity index (χ0) is 91.5.